The second-order valence-electron chi connectivity index (χ2n) is 9.39. The van der Waals surface area contributed by atoms with Gasteiger partial charge in [-0.1, -0.05) is 0 Å². The summed E-state index contributed by atoms with van der Waals surface area (Å²) in [4.78, 5) is 39.2. The Morgan fingerprint density at radius 1 is 0.372 bits per heavy atom. The van der Waals surface area contributed by atoms with E-state index in [1.54, 1.807) is 30.3 Å². The molecule has 0 saturated carbocycles. The van der Waals surface area contributed by atoms with Gasteiger partial charge in [-0.25, -0.2) is 14.4 Å². The van der Waals surface area contributed by atoms with Crippen LogP contribution in [0.1, 0.15) is 42.2 Å². The molecule has 0 N–H and O–H groups in total. The van der Waals surface area contributed by atoms with Crippen LogP contribution in [0.4, 0.5) is 0 Å². The molecule has 0 radical (unpaired) electrons. The number of methoxy groups -OCH3 is 4. The molecule has 4 rings (SSSR count). The number of aryl methyl sites for hydroxylation is 2. The van der Waals surface area contributed by atoms with Crippen molar-refractivity contribution in [3.63, 3.8) is 0 Å². The van der Waals surface area contributed by atoms with E-state index in [1.165, 1.54) is 70.9 Å². The maximum Gasteiger partial charge on any atom is 0.343 e. The predicted octanol–water partition coefficient (Wildman–Crippen LogP) is 6.00. The van der Waals surface area contributed by atoms with E-state index < -0.39 is 17.9 Å². The maximum absolute atomic E-state index is 13.1. The van der Waals surface area contributed by atoms with Crippen molar-refractivity contribution in [1.29, 1.82) is 0 Å². The molecule has 222 valence electrons. The van der Waals surface area contributed by atoms with Crippen LogP contribution in [-0.4, -0.2) is 46.3 Å². The Balaban J connectivity index is 1.68. The van der Waals surface area contributed by atoms with Crippen molar-refractivity contribution in [2.24, 2.45) is 0 Å². The Morgan fingerprint density at radius 3 is 0.930 bits per heavy atom. The van der Waals surface area contributed by atoms with E-state index in [9.17, 15) is 14.4 Å². The van der Waals surface area contributed by atoms with Crippen molar-refractivity contribution >= 4 is 17.9 Å². The summed E-state index contributed by atoms with van der Waals surface area (Å²) in [5.41, 5.74) is 2.16. The molecule has 4 aromatic rings. The van der Waals surface area contributed by atoms with E-state index in [0.29, 0.717) is 23.0 Å². The molecule has 10 nitrogen and oxygen atoms in total. The molecule has 0 unspecified atom stereocenters. The Labute approximate surface area is 248 Å². The molecule has 0 aromatic heterocycles. The first-order valence-corrected chi connectivity index (χ1v) is 13.0. The van der Waals surface area contributed by atoms with Gasteiger partial charge in [-0.15, -0.1) is 0 Å². The number of hydrogen-bond donors (Lipinski definition) is 0. The van der Waals surface area contributed by atoms with Gasteiger partial charge in [0.2, 0.25) is 0 Å². The molecule has 4 aromatic carbocycles. The summed E-state index contributed by atoms with van der Waals surface area (Å²) in [6.07, 6.45) is 0. The SMILES string of the molecule is COc1cc(C)cc(C(=O)Oc2cc(OC(=O)c3cc(C)cc(OC)c3)cc(OC(=O)c3cc(OC)cc(OC)c3)c2)c1. The summed E-state index contributed by atoms with van der Waals surface area (Å²) in [5, 5.41) is 0. The molecule has 0 aliphatic heterocycles. The summed E-state index contributed by atoms with van der Waals surface area (Å²) in [5.74, 6) is -0.581. The zero-order valence-electron chi connectivity index (χ0n) is 24.5. The van der Waals surface area contributed by atoms with Gasteiger partial charge in [0, 0.05) is 24.3 Å². The van der Waals surface area contributed by atoms with Crippen LogP contribution in [0.3, 0.4) is 0 Å². The fraction of sp³-hybridized carbons (Fsp3) is 0.182. The van der Waals surface area contributed by atoms with Gasteiger partial charge in [-0.2, -0.15) is 0 Å². The lowest BCUT2D eigenvalue weighted by atomic mass is 10.1. The van der Waals surface area contributed by atoms with Gasteiger partial charge in [0.25, 0.3) is 0 Å². The number of carbonyl (C=O) groups excluding carboxylic acids is 3. The largest absolute Gasteiger partial charge is 0.497 e. The van der Waals surface area contributed by atoms with Gasteiger partial charge in [0.1, 0.15) is 40.2 Å². The molecule has 43 heavy (non-hydrogen) atoms. The summed E-state index contributed by atoms with van der Waals surface area (Å²) in [6.45, 7) is 3.62. The first-order chi connectivity index (χ1) is 20.6. The Bertz CT molecular complexity index is 1570. The van der Waals surface area contributed by atoms with E-state index in [1.807, 2.05) is 13.8 Å². The van der Waals surface area contributed by atoms with Gasteiger partial charge in [-0.3, -0.25) is 0 Å². The molecular weight excluding hydrogens is 556 g/mol. The third-order valence-corrected chi connectivity index (χ3v) is 6.12. The van der Waals surface area contributed by atoms with Crippen molar-refractivity contribution < 1.29 is 47.5 Å². The van der Waals surface area contributed by atoms with E-state index >= 15 is 0 Å². The van der Waals surface area contributed by atoms with Crippen molar-refractivity contribution in [3.05, 3.63) is 101 Å². The molecule has 0 spiro atoms. The molecule has 0 saturated heterocycles. The quantitative estimate of drug-likeness (QED) is 0.162. The Morgan fingerprint density at radius 2 is 0.628 bits per heavy atom. The van der Waals surface area contributed by atoms with Crippen LogP contribution in [-0.2, 0) is 0 Å². The zero-order valence-corrected chi connectivity index (χ0v) is 24.5. The third kappa shape index (κ3) is 7.82. The highest BCUT2D eigenvalue weighted by Crippen LogP contribution is 2.31. The van der Waals surface area contributed by atoms with Crippen LogP contribution in [0.25, 0.3) is 0 Å². The average molecular weight is 587 g/mol. The highest BCUT2D eigenvalue weighted by Gasteiger charge is 2.19. The van der Waals surface area contributed by atoms with Crippen LogP contribution in [0.5, 0.6) is 40.2 Å². The van der Waals surface area contributed by atoms with Crippen LogP contribution in [0.2, 0.25) is 0 Å². The van der Waals surface area contributed by atoms with Crippen molar-refractivity contribution in [2.75, 3.05) is 28.4 Å². The molecular formula is C33H30O10. The highest BCUT2D eigenvalue weighted by atomic mass is 16.6. The molecule has 0 heterocycles. The van der Waals surface area contributed by atoms with Gasteiger partial charge in [0.05, 0.1) is 45.1 Å². The van der Waals surface area contributed by atoms with E-state index in [2.05, 4.69) is 0 Å². The molecule has 0 fully saturated rings. The summed E-state index contributed by atoms with van der Waals surface area (Å²) in [6, 6.07) is 18.4. The summed E-state index contributed by atoms with van der Waals surface area (Å²) < 4.78 is 37.8. The Hall–Kier alpha value is -5.51. The predicted molar refractivity (Wildman–Crippen MR) is 156 cm³/mol. The van der Waals surface area contributed by atoms with Crippen molar-refractivity contribution in [2.45, 2.75) is 13.8 Å². The first-order valence-electron chi connectivity index (χ1n) is 13.0. The first kappa shape index (κ1) is 30.4. The molecule has 0 aliphatic carbocycles. The highest BCUT2D eigenvalue weighted by molar-refractivity contribution is 5.94. The topological polar surface area (TPSA) is 116 Å². The number of hydrogen-bond acceptors (Lipinski definition) is 10. The molecule has 0 atom stereocenters. The fourth-order valence-electron chi connectivity index (χ4n) is 4.11. The standard InChI is InChI=1S/C33H30O10/c1-19-7-21(11-24(9-19)37-3)31(34)41-28-16-29(42-32(35)22-8-20(2)10-25(12-22)38-4)18-30(17-28)43-33(36)23-13-26(39-5)15-27(14-23)40-6/h7-18H,1-6H3. The number of esters is 3. The minimum Gasteiger partial charge on any atom is -0.497 e. The number of ether oxygens (including phenoxy) is 7. The minimum absolute atomic E-state index is 0.0383. The van der Waals surface area contributed by atoms with Crippen molar-refractivity contribution in [1.82, 2.24) is 0 Å². The minimum atomic E-state index is -0.759. The lowest BCUT2D eigenvalue weighted by Crippen LogP contribution is -2.13. The number of carbonyl (C=O) groups is 3. The molecule has 10 heteroatoms. The fourth-order valence-corrected chi connectivity index (χ4v) is 4.11. The maximum atomic E-state index is 13.1. The zero-order chi connectivity index (χ0) is 31.1. The molecule has 0 bridgehead atoms. The van der Waals surface area contributed by atoms with Gasteiger partial charge < -0.3 is 33.2 Å². The average Bonchev–Trinajstić information content (AvgIpc) is 2.99. The Kier molecular flexibility index (Phi) is 9.51. The van der Waals surface area contributed by atoms with Crippen LogP contribution in [0.15, 0.2) is 72.8 Å². The van der Waals surface area contributed by atoms with Gasteiger partial charge in [0.15, 0.2) is 0 Å². The lowest BCUT2D eigenvalue weighted by molar-refractivity contribution is 0.0729. The van der Waals surface area contributed by atoms with E-state index in [-0.39, 0.29) is 33.9 Å². The normalized spacial score (nSPS) is 10.4. The number of rotatable bonds is 10. The summed E-state index contributed by atoms with van der Waals surface area (Å²) in [7, 11) is 5.89. The number of benzene rings is 4. The van der Waals surface area contributed by atoms with Crippen LogP contribution < -0.4 is 33.2 Å². The molecule has 0 aliphatic rings. The third-order valence-electron chi connectivity index (χ3n) is 6.12. The smallest absolute Gasteiger partial charge is 0.343 e. The van der Waals surface area contributed by atoms with Crippen LogP contribution >= 0.6 is 0 Å². The van der Waals surface area contributed by atoms with Crippen LogP contribution in [0, 0.1) is 13.8 Å². The van der Waals surface area contributed by atoms with Gasteiger partial charge in [-0.05, 0) is 73.5 Å². The second kappa shape index (κ2) is 13.4. The second-order valence-corrected chi connectivity index (χ2v) is 9.39. The van der Waals surface area contributed by atoms with Gasteiger partial charge >= 0.3 is 17.9 Å². The van der Waals surface area contributed by atoms with Crippen molar-refractivity contribution in [3.8, 4) is 40.2 Å². The molecule has 0 amide bonds. The lowest BCUT2D eigenvalue weighted by Gasteiger charge is -2.13. The van der Waals surface area contributed by atoms with E-state index in [0.717, 1.165) is 11.1 Å². The summed E-state index contributed by atoms with van der Waals surface area (Å²) >= 11 is 0. The van der Waals surface area contributed by atoms with E-state index in [4.69, 9.17) is 33.2 Å². The monoisotopic (exact) mass is 586 g/mol.